The van der Waals surface area contributed by atoms with Gasteiger partial charge in [-0.25, -0.2) is 4.99 Å². The van der Waals surface area contributed by atoms with Crippen LogP contribution in [0.4, 0.5) is 5.69 Å². The fraction of sp³-hybridized carbons (Fsp3) is 0.500. The van der Waals surface area contributed by atoms with E-state index in [2.05, 4.69) is 47.3 Å². The van der Waals surface area contributed by atoms with Gasteiger partial charge in [0, 0.05) is 25.8 Å². The van der Waals surface area contributed by atoms with Crippen LogP contribution in [0.25, 0.3) is 0 Å². The topological polar surface area (TPSA) is 53.6 Å². The van der Waals surface area contributed by atoms with E-state index in [1.165, 1.54) is 5.69 Å². The zero-order valence-corrected chi connectivity index (χ0v) is 14.5. The average Bonchev–Trinajstić information content (AvgIpc) is 2.36. The largest absolute Gasteiger partial charge is 0.378 e. The van der Waals surface area contributed by atoms with Crippen LogP contribution < -0.4 is 16.0 Å². The second kappa shape index (κ2) is 9.01. The summed E-state index contributed by atoms with van der Waals surface area (Å²) in [7, 11) is 4.06. The lowest BCUT2D eigenvalue weighted by molar-refractivity contribution is 0.636. The number of rotatable bonds is 5. The van der Waals surface area contributed by atoms with E-state index in [0.29, 0.717) is 18.5 Å². The van der Waals surface area contributed by atoms with Crippen molar-refractivity contribution in [2.75, 3.05) is 19.0 Å². The van der Waals surface area contributed by atoms with Crippen LogP contribution in [0.15, 0.2) is 29.3 Å². The number of hydrogen-bond acceptors (Lipinski definition) is 2. The molecule has 0 aliphatic heterocycles. The molecule has 108 valence electrons. The molecule has 0 spiro atoms. The molecule has 0 fully saturated rings. The van der Waals surface area contributed by atoms with E-state index in [9.17, 15) is 0 Å². The highest BCUT2D eigenvalue weighted by Gasteiger charge is 2.00. The van der Waals surface area contributed by atoms with E-state index in [4.69, 9.17) is 5.73 Å². The molecule has 0 bridgehead atoms. The molecule has 0 heterocycles. The van der Waals surface area contributed by atoms with Gasteiger partial charge in [-0.05, 0) is 31.0 Å². The van der Waals surface area contributed by atoms with Crippen LogP contribution >= 0.6 is 24.0 Å². The molecular weight excluding hydrogens is 351 g/mol. The van der Waals surface area contributed by atoms with E-state index < -0.39 is 0 Å². The molecule has 1 rings (SSSR count). The Morgan fingerprint density at radius 2 is 2.11 bits per heavy atom. The lowest BCUT2D eigenvalue weighted by Gasteiger charge is -2.14. The molecule has 0 aliphatic carbocycles. The van der Waals surface area contributed by atoms with Gasteiger partial charge in [-0.2, -0.15) is 0 Å². The molecule has 1 unspecified atom stereocenters. The fourth-order valence-corrected chi connectivity index (χ4v) is 1.51. The van der Waals surface area contributed by atoms with Crippen LogP contribution in [0, 0.1) is 0 Å². The molecule has 0 saturated heterocycles. The number of guanidine groups is 1. The van der Waals surface area contributed by atoms with Crippen LogP contribution in [0.1, 0.15) is 25.8 Å². The van der Waals surface area contributed by atoms with E-state index in [-0.39, 0.29) is 24.0 Å². The first-order valence-electron chi connectivity index (χ1n) is 6.35. The minimum atomic E-state index is 0. The quantitative estimate of drug-likeness (QED) is 0.472. The molecule has 19 heavy (non-hydrogen) atoms. The van der Waals surface area contributed by atoms with Gasteiger partial charge >= 0.3 is 0 Å². The molecule has 0 aromatic heterocycles. The molecule has 4 nitrogen and oxygen atoms in total. The maximum Gasteiger partial charge on any atom is 0.189 e. The Balaban J connectivity index is 0.00000324. The van der Waals surface area contributed by atoms with Crippen molar-refractivity contribution in [1.29, 1.82) is 0 Å². The minimum absolute atomic E-state index is 0. The highest BCUT2D eigenvalue weighted by molar-refractivity contribution is 14.0. The number of halogens is 1. The summed E-state index contributed by atoms with van der Waals surface area (Å²) in [5.74, 6) is 0.514. The number of nitrogens with zero attached hydrogens (tertiary/aromatic N) is 2. The summed E-state index contributed by atoms with van der Waals surface area (Å²) in [4.78, 5) is 6.42. The van der Waals surface area contributed by atoms with E-state index in [0.717, 1.165) is 12.0 Å². The zero-order valence-electron chi connectivity index (χ0n) is 12.2. The summed E-state index contributed by atoms with van der Waals surface area (Å²) < 4.78 is 0. The first-order chi connectivity index (χ1) is 8.52. The number of aliphatic imine (C=N–C) groups is 1. The molecular formula is C14H25IN4. The number of nitrogens with two attached hydrogens (primary N) is 1. The summed E-state index contributed by atoms with van der Waals surface area (Å²) in [5.41, 5.74) is 8.16. The van der Waals surface area contributed by atoms with Crippen LogP contribution in [-0.2, 0) is 6.54 Å². The summed E-state index contributed by atoms with van der Waals surface area (Å²) in [6.07, 6.45) is 1.03. The number of nitrogens with one attached hydrogen (secondary N) is 1. The van der Waals surface area contributed by atoms with Crippen molar-refractivity contribution in [3.63, 3.8) is 0 Å². The summed E-state index contributed by atoms with van der Waals surface area (Å²) in [6, 6.07) is 8.67. The third-order valence-electron chi connectivity index (χ3n) is 2.87. The molecule has 1 atom stereocenters. The van der Waals surface area contributed by atoms with Gasteiger partial charge in [-0.3, -0.25) is 0 Å². The number of benzene rings is 1. The van der Waals surface area contributed by atoms with Crippen molar-refractivity contribution in [2.24, 2.45) is 10.7 Å². The van der Waals surface area contributed by atoms with E-state index >= 15 is 0 Å². The Labute approximate surface area is 133 Å². The van der Waals surface area contributed by atoms with Crippen LogP contribution in [-0.4, -0.2) is 26.1 Å². The third kappa shape index (κ3) is 6.66. The Kier molecular flexibility index (Phi) is 8.54. The van der Waals surface area contributed by atoms with Crippen molar-refractivity contribution in [3.05, 3.63) is 29.8 Å². The Morgan fingerprint density at radius 1 is 1.42 bits per heavy atom. The molecule has 0 amide bonds. The molecule has 0 saturated carbocycles. The number of hydrogen-bond donors (Lipinski definition) is 2. The molecule has 5 heteroatoms. The maximum atomic E-state index is 5.82. The van der Waals surface area contributed by atoms with Gasteiger partial charge in [0.15, 0.2) is 5.96 Å². The summed E-state index contributed by atoms with van der Waals surface area (Å²) in [6.45, 7) is 4.82. The second-order valence-electron chi connectivity index (χ2n) is 4.72. The molecule has 0 aliphatic rings. The normalized spacial score (nSPS) is 12.5. The standard InChI is InChI=1S/C14H24N4.HI/c1-5-11(2)17-14(15)16-10-12-7-6-8-13(9-12)18(3)4;/h6-9,11H,5,10H2,1-4H3,(H3,15,16,17);1H. The predicted molar refractivity (Wildman–Crippen MR) is 94.4 cm³/mol. The first-order valence-corrected chi connectivity index (χ1v) is 6.35. The van der Waals surface area contributed by atoms with Gasteiger partial charge in [-0.15, -0.1) is 24.0 Å². The van der Waals surface area contributed by atoms with Gasteiger partial charge in [0.05, 0.1) is 6.54 Å². The fourth-order valence-electron chi connectivity index (χ4n) is 1.51. The molecule has 3 N–H and O–H groups in total. The van der Waals surface area contributed by atoms with Crippen molar-refractivity contribution in [2.45, 2.75) is 32.9 Å². The van der Waals surface area contributed by atoms with Crippen molar-refractivity contribution in [3.8, 4) is 0 Å². The Bertz CT molecular complexity index is 404. The maximum absolute atomic E-state index is 5.82. The van der Waals surface area contributed by atoms with Gasteiger partial charge in [-0.1, -0.05) is 19.1 Å². The van der Waals surface area contributed by atoms with Gasteiger partial charge < -0.3 is 16.0 Å². The third-order valence-corrected chi connectivity index (χ3v) is 2.87. The van der Waals surface area contributed by atoms with Crippen molar-refractivity contribution >= 4 is 35.6 Å². The lowest BCUT2D eigenvalue weighted by atomic mass is 10.2. The summed E-state index contributed by atoms with van der Waals surface area (Å²) >= 11 is 0. The van der Waals surface area contributed by atoms with Crippen LogP contribution in [0.2, 0.25) is 0 Å². The summed E-state index contributed by atoms with van der Waals surface area (Å²) in [5, 5.41) is 3.15. The molecule has 1 aromatic rings. The first kappa shape index (κ1) is 18.0. The molecule has 0 radical (unpaired) electrons. The van der Waals surface area contributed by atoms with Crippen molar-refractivity contribution < 1.29 is 0 Å². The van der Waals surface area contributed by atoms with Gasteiger partial charge in [0.1, 0.15) is 0 Å². The highest BCUT2D eigenvalue weighted by atomic mass is 127. The van der Waals surface area contributed by atoms with Gasteiger partial charge in [0.2, 0.25) is 0 Å². The Morgan fingerprint density at radius 3 is 2.68 bits per heavy atom. The van der Waals surface area contributed by atoms with Crippen LogP contribution in [0.5, 0.6) is 0 Å². The Hall–Kier alpha value is -0.980. The zero-order chi connectivity index (χ0) is 13.5. The number of anilines is 1. The highest BCUT2D eigenvalue weighted by Crippen LogP contribution is 2.13. The molecule has 1 aromatic carbocycles. The average molecular weight is 376 g/mol. The monoisotopic (exact) mass is 376 g/mol. The lowest BCUT2D eigenvalue weighted by Crippen LogP contribution is -2.38. The van der Waals surface area contributed by atoms with Gasteiger partial charge in [0.25, 0.3) is 0 Å². The van der Waals surface area contributed by atoms with Crippen molar-refractivity contribution in [1.82, 2.24) is 5.32 Å². The predicted octanol–water partition coefficient (Wildman–Crippen LogP) is 2.57. The minimum Gasteiger partial charge on any atom is -0.378 e. The second-order valence-corrected chi connectivity index (χ2v) is 4.72. The van der Waals surface area contributed by atoms with Crippen LogP contribution in [0.3, 0.4) is 0 Å². The smallest absolute Gasteiger partial charge is 0.189 e. The van der Waals surface area contributed by atoms with E-state index in [1.807, 2.05) is 20.2 Å². The SMILES string of the molecule is CCC(C)NC(N)=NCc1cccc(N(C)C)c1.I. The van der Waals surface area contributed by atoms with E-state index in [1.54, 1.807) is 0 Å².